The van der Waals surface area contributed by atoms with Gasteiger partial charge in [-0.15, -0.1) is 0 Å². The van der Waals surface area contributed by atoms with Gasteiger partial charge in [0.2, 0.25) is 0 Å². The molecule has 3 aliphatic rings. The van der Waals surface area contributed by atoms with E-state index in [0.29, 0.717) is 6.04 Å². The first-order chi connectivity index (χ1) is 10.3. The highest BCUT2D eigenvalue weighted by Crippen LogP contribution is 2.72. The fourth-order valence-corrected chi connectivity index (χ4v) is 5.45. The van der Waals surface area contributed by atoms with Crippen LogP contribution >= 0.6 is 0 Å². The van der Waals surface area contributed by atoms with Crippen molar-refractivity contribution in [2.24, 2.45) is 29.6 Å². The van der Waals surface area contributed by atoms with Crippen LogP contribution in [0.25, 0.3) is 0 Å². The lowest BCUT2D eigenvalue weighted by Gasteiger charge is -2.23. The molecule has 0 heterocycles. The summed E-state index contributed by atoms with van der Waals surface area (Å²) in [6.07, 6.45) is 5.74. The van der Waals surface area contributed by atoms with Crippen LogP contribution in [-0.2, 0) is 0 Å². The Morgan fingerprint density at radius 3 is 2.67 bits per heavy atom. The van der Waals surface area contributed by atoms with Crippen LogP contribution in [0.3, 0.4) is 0 Å². The van der Waals surface area contributed by atoms with E-state index in [0.717, 1.165) is 41.9 Å². The highest BCUT2D eigenvalue weighted by molar-refractivity contribution is 5.33. The van der Waals surface area contributed by atoms with E-state index in [2.05, 4.69) is 36.5 Å². The molecule has 1 N–H and O–H groups in total. The molecule has 0 aromatic heterocycles. The first-order valence-electron chi connectivity index (χ1n) is 8.70. The molecular formula is C19H27NO. The first kappa shape index (κ1) is 13.6. The second-order valence-electron chi connectivity index (χ2n) is 7.27. The van der Waals surface area contributed by atoms with E-state index in [9.17, 15) is 0 Å². The maximum absolute atomic E-state index is 5.43. The summed E-state index contributed by atoms with van der Waals surface area (Å²) in [5.41, 5.74) is 1.43. The minimum atomic E-state index is 0.540. The lowest BCUT2D eigenvalue weighted by molar-refractivity contribution is 0.367. The third-order valence-electron chi connectivity index (χ3n) is 6.25. The number of ether oxygens (including phenoxy) is 1. The van der Waals surface area contributed by atoms with E-state index in [1.807, 2.05) is 0 Å². The second-order valence-corrected chi connectivity index (χ2v) is 7.27. The van der Waals surface area contributed by atoms with Crippen LogP contribution in [0.2, 0.25) is 0 Å². The summed E-state index contributed by atoms with van der Waals surface area (Å²) in [6.45, 7) is 3.38. The molecule has 5 unspecified atom stereocenters. The van der Waals surface area contributed by atoms with Crippen molar-refractivity contribution in [3.63, 3.8) is 0 Å². The van der Waals surface area contributed by atoms with Gasteiger partial charge in [-0.2, -0.15) is 0 Å². The van der Waals surface area contributed by atoms with Crippen molar-refractivity contribution in [3.8, 4) is 5.75 Å². The zero-order valence-electron chi connectivity index (χ0n) is 13.2. The third-order valence-corrected chi connectivity index (χ3v) is 6.25. The van der Waals surface area contributed by atoms with Crippen LogP contribution in [0.5, 0.6) is 5.75 Å². The zero-order chi connectivity index (χ0) is 14.4. The lowest BCUT2D eigenvalue weighted by Crippen LogP contribution is -2.26. The average Bonchev–Trinajstić information content (AvgIpc) is 2.93. The predicted molar refractivity (Wildman–Crippen MR) is 85.3 cm³/mol. The standard InChI is InChI=1S/C19H27NO/c1-3-9-20-19(14-5-4-6-15(11-14)21-2)18-16-12-7-8-13(10-12)17(16)18/h4-6,11-13,16-20H,3,7-10H2,1-2H3. The van der Waals surface area contributed by atoms with Gasteiger partial charge < -0.3 is 10.1 Å². The van der Waals surface area contributed by atoms with Gasteiger partial charge in [-0.3, -0.25) is 0 Å². The molecule has 3 aliphatic carbocycles. The molecule has 114 valence electrons. The number of hydrogen-bond donors (Lipinski definition) is 1. The van der Waals surface area contributed by atoms with Crippen molar-refractivity contribution in [2.45, 2.75) is 38.6 Å². The Hall–Kier alpha value is -1.02. The van der Waals surface area contributed by atoms with Gasteiger partial charge in [-0.1, -0.05) is 19.1 Å². The molecular weight excluding hydrogens is 258 g/mol. The van der Waals surface area contributed by atoms with Gasteiger partial charge in [0.25, 0.3) is 0 Å². The van der Waals surface area contributed by atoms with Crippen molar-refractivity contribution in [3.05, 3.63) is 29.8 Å². The molecule has 0 aliphatic heterocycles. The summed E-state index contributed by atoms with van der Waals surface area (Å²) < 4.78 is 5.43. The molecule has 0 spiro atoms. The second kappa shape index (κ2) is 5.31. The summed E-state index contributed by atoms with van der Waals surface area (Å²) in [7, 11) is 1.76. The predicted octanol–water partition coefficient (Wildman–Crippen LogP) is 4.03. The fraction of sp³-hybridized carbons (Fsp3) is 0.684. The number of hydrogen-bond acceptors (Lipinski definition) is 2. The summed E-state index contributed by atoms with van der Waals surface area (Å²) in [4.78, 5) is 0. The summed E-state index contributed by atoms with van der Waals surface area (Å²) >= 11 is 0. The van der Waals surface area contributed by atoms with Crippen molar-refractivity contribution in [1.29, 1.82) is 0 Å². The smallest absolute Gasteiger partial charge is 0.119 e. The van der Waals surface area contributed by atoms with Crippen molar-refractivity contribution < 1.29 is 4.74 Å². The van der Waals surface area contributed by atoms with Gasteiger partial charge in [0.15, 0.2) is 0 Å². The minimum absolute atomic E-state index is 0.540. The summed E-state index contributed by atoms with van der Waals surface area (Å²) in [6, 6.07) is 9.26. The van der Waals surface area contributed by atoms with E-state index in [1.54, 1.807) is 7.11 Å². The molecule has 2 bridgehead atoms. The van der Waals surface area contributed by atoms with E-state index < -0.39 is 0 Å². The quantitative estimate of drug-likeness (QED) is 0.852. The average molecular weight is 285 g/mol. The van der Waals surface area contributed by atoms with E-state index in [-0.39, 0.29) is 0 Å². The topological polar surface area (TPSA) is 21.3 Å². The normalized spacial score (nSPS) is 37.3. The molecule has 4 rings (SSSR count). The largest absolute Gasteiger partial charge is 0.497 e. The van der Waals surface area contributed by atoms with Gasteiger partial charge in [-0.05, 0) is 79.5 Å². The third kappa shape index (κ3) is 2.19. The van der Waals surface area contributed by atoms with E-state index in [4.69, 9.17) is 4.74 Å². The molecule has 0 saturated heterocycles. The Kier molecular flexibility index (Phi) is 3.45. The highest BCUT2D eigenvalue weighted by Gasteiger charge is 2.66. The lowest BCUT2D eigenvalue weighted by atomic mass is 9.92. The maximum atomic E-state index is 5.43. The van der Waals surface area contributed by atoms with Gasteiger partial charge in [-0.25, -0.2) is 0 Å². The van der Waals surface area contributed by atoms with Crippen molar-refractivity contribution in [1.82, 2.24) is 5.32 Å². The molecule has 2 nitrogen and oxygen atoms in total. The van der Waals surface area contributed by atoms with Crippen LogP contribution < -0.4 is 10.1 Å². The summed E-state index contributed by atoms with van der Waals surface area (Å²) in [5, 5.41) is 3.84. The highest BCUT2D eigenvalue weighted by atomic mass is 16.5. The minimum Gasteiger partial charge on any atom is -0.497 e. The van der Waals surface area contributed by atoms with Gasteiger partial charge in [0.1, 0.15) is 5.75 Å². The van der Waals surface area contributed by atoms with Crippen LogP contribution in [0.4, 0.5) is 0 Å². The van der Waals surface area contributed by atoms with Crippen LogP contribution in [0.1, 0.15) is 44.2 Å². The summed E-state index contributed by atoms with van der Waals surface area (Å²) in [5.74, 6) is 6.00. The number of benzene rings is 1. The zero-order valence-corrected chi connectivity index (χ0v) is 13.2. The Morgan fingerprint density at radius 2 is 2.00 bits per heavy atom. The molecule has 2 heteroatoms. The number of rotatable bonds is 6. The molecule has 3 saturated carbocycles. The first-order valence-corrected chi connectivity index (χ1v) is 8.70. The number of methoxy groups -OCH3 is 1. The van der Waals surface area contributed by atoms with Crippen LogP contribution in [-0.4, -0.2) is 13.7 Å². The van der Waals surface area contributed by atoms with E-state index >= 15 is 0 Å². The van der Waals surface area contributed by atoms with Gasteiger partial charge >= 0.3 is 0 Å². The Balaban J connectivity index is 1.57. The Morgan fingerprint density at radius 1 is 1.24 bits per heavy atom. The van der Waals surface area contributed by atoms with Gasteiger partial charge in [0.05, 0.1) is 7.11 Å². The molecule has 5 atom stereocenters. The van der Waals surface area contributed by atoms with Gasteiger partial charge in [0, 0.05) is 6.04 Å². The Labute approximate surface area is 128 Å². The molecule has 0 amide bonds. The van der Waals surface area contributed by atoms with E-state index in [1.165, 1.54) is 31.2 Å². The molecule has 3 fully saturated rings. The van der Waals surface area contributed by atoms with Crippen LogP contribution in [0, 0.1) is 29.6 Å². The molecule has 21 heavy (non-hydrogen) atoms. The van der Waals surface area contributed by atoms with Crippen molar-refractivity contribution in [2.75, 3.05) is 13.7 Å². The number of fused-ring (bicyclic) bond motifs is 5. The van der Waals surface area contributed by atoms with Crippen molar-refractivity contribution >= 4 is 0 Å². The monoisotopic (exact) mass is 285 g/mol. The molecule has 0 radical (unpaired) electrons. The maximum Gasteiger partial charge on any atom is 0.119 e. The SMILES string of the molecule is CCCNC(c1cccc(OC)c1)C1C2C3CCC(C3)C21. The fourth-order valence-electron chi connectivity index (χ4n) is 5.45. The molecule has 1 aromatic carbocycles. The van der Waals surface area contributed by atoms with Crippen LogP contribution in [0.15, 0.2) is 24.3 Å². The number of nitrogens with one attached hydrogen (secondary N) is 1. The molecule has 1 aromatic rings. The Bertz CT molecular complexity index is 498.